The molecule has 1 aliphatic rings. The van der Waals surface area contributed by atoms with Gasteiger partial charge in [-0.25, -0.2) is 4.98 Å². The zero-order valence-electron chi connectivity index (χ0n) is 11.1. The van der Waals surface area contributed by atoms with Crippen molar-refractivity contribution in [1.82, 2.24) is 9.36 Å². The molecule has 4 nitrogen and oxygen atoms in total. The third-order valence-electron chi connectivity index (χ3n) is 3.46. The van der Waals surface area contributed by atoms with Gasteiger partial charge in [-0.2, -0.15) is 4.37 Å². The highest BCUT2D eigenvalue weighted by molar-refractivity contribution is 7.09. The van der Waals surface area contributed by atoms with Crippen molar-refractivity contribution in [3.05, 3.63) is 5.82 Å². The van der Waals surface area contributed by atoms with Crippen LogP contribution in [0.2, 0.25) is 0 Å². The van der Waals surface area contributed by atoms with E-state index in [1.807, 2.05) is 0 Å². The summed E-state index contributed by atoms with van der Waals surface area (Å²) in [6.07, 6.45) is 1.20. The first-order chi connectivity index (χ1) is 7.93. The molecule has 0 aromatic carbocycles. The lowest BCUT2D eigenvalue weighted by Crippen LogP contribution is -2.38. The van der Waals surface area contributed by atoms with E-state index in [9.17, 15) is 0 Å². The Kier molecular flexibility index (Phi) is 3.41. The molecule has 2 N–H and O–H groups in total. The quantitative estimate of drug-likeness (QED) is 0.877. The number of hydrogen-bond donors (Lipinski definition) is 1. The SMILES string of the molecule is CC1CCN(c2nc(C(C)(C)C)ns2)C1CN. The molecule has 0 aliphatic carbocycles. The number of aromatic nitrogens is 2. The van der Waals surface area contributed by atoms with Gasteiger partial charge in [0.15, 0.2) is 0 Å². The van der Waals surface area contributed by atoms with Crippen LogP contribution in [0.25, 0.3) is 0 Å². The first kappa shape index (κ1) is 12.8. The molecule has 0 saturated carbocycles. The molecule has 1 aromatic heterocycles. The Balaban J connectivity index is 2.21. The Morgan fingerprint density at radius 2 is 2.18 bits per heavy atom. The van der Waals surface area contributed by atoms with Gasteiger partial charge in [0.1, 0.15) is 5.82 Å². The average Bonchev–Trinajstić information content (AvgIpc) is 2.82. The third kappa shape index (κ3) is 2.45. The lowest BCUT2D eigenvalue weighted by Gasteiger charge is -2.24. The summed E-state index contributed by atoms with van der Waals surface area (Å²) in [5.74, 6) is 1.59. The van der Waals surface area contributed by atoms with Gasteiger partial charge in [-0.05, 0) is 12.3 Å². The van der Waals surface area contributed by atoms with Gasteiger partial charge in [-0.1, -0.05) is 27.7 Å². The van der Waals surface area contributed by atoms with Crippen molar-refractivity contribution in [3.8, 4) is 0 Å². The molecular formula is C12H22N4S. The van der Waals surface area contributed by atoms with Crippen LogP contribution in [0, 0.1) is 5.92 Å². The molecule has 2 rings (SSSR count). The molecule has 17 heavy (non-hydrogen) atoms. The van der Waals surface area contributed by atoms with Gasteiger partial charge in [0, 0.05) is 36.1 Å². The van der Waals surface area contributed by atoms with Crippen LogP contribution in [-0.2, 0) is 5.41 Å². The summed E-state index contributed by atoms with van der Waals surface area (Å²) in [7, 11) is 0. The smallest absolute Gasteiger partial charge is 0.205 e. The second-order valence-corrected chi connectivity index (χ2v) is 6.64. The Morgan fingerprint density at radius 3 is 2.71 bits per heavy atom. The second-order valence-electron chi connectivity index (χ2n) is 5.91. The molecule has 0 radical (unpaired) electrons. The third-order valence-corrected chi connectivity index (χ3v) is 4.21. The maximum absolute atomic E-state index is 5.86. The summed E-state index contributed by atoms with van der Waals surface area (Å²) in [5.41, 5.74) is 5.89. The molecule has 1 aliphatic heterocycles. The summed E-state index contributed by atoms with van der Waals surface area (Å²) >= 11 is 1.50. The summed E-state index contributed by atoms with van der Waals surface area (Å²) in [4.78, 5) is 7.00. The molecule has 5 heteroatoms. The fourth-order valence-electron chi connectivity index (χ4n) is 2.24. The molecule has 2 atom stereocenters. The van der Waals surface area contributed by atoms with Crippen molar-refractivity contribution in [2.45, 2.75) is 45.6 Å². The van der Waals surface area contributed by atoms with E-state index < -0.39 is 0 Å². The van der Waals surface area contributed by atoms with Crippen molar-refractivity contribution >= 4 is 16.7 Å². The Labute approximate surface area is 107 Å². The molecule has 2 unspecified atom stereocenters. The minimum absolute atomic E-state index is 0.0261. The van der Waals surface area contributed by atoms with Crippen LogP contribution in [-0.4, -0.2) is 28.5 Å². The van der Waals surface area contributed by atoms with Crippen LogP contribution in [0.3, 0.4) is 0 Å². The summed E-state index contributed by atoms with van der Waals surface area (Å²) in [6, 6.07) is 0.427. The standard InChI is InChI=1S/C12H22N4S/c1-8-5-6-16(9(8)7-13)11-14-10(15-17-11)12(2,3)4/h8-9H,5-7,13H2,1-4H3. The minimum Gasteiger partial charge on any atom is -0.342 e. The Hall–Kier alpha value is -0.680. The van der Waals surface area contributed by atoms with E-state index in [0.717, 1.165) is 17.5 Å². The first-order valence-corrected chi connectivity index (χ1v) is 7.01. The monoisotopic (exact) mass is 254 g/mol. The normalized spacial score (nSPS) is 25.6. The maximum atomic E-state index is 5.86. The number of anilines is 1. The summed E-state index contributed by atoms with van der Waals surface area (Å²) < 4.78 is 4.47. The fourth-order valence-corrected chi connectivity index (χ4v) is 3.18. The largest absolute Gasteiger partial charge is 0.342 e. The molecule has 96 valence electrons. The van der Waals surface area contributed by atoms with E-state index >= 15 is 0 Å². The van der Waals surface area contributed by atoms with E-state index in [4.69, 9.17) is 5.73 Å². The minimum atomic E-state index is 0.0261. The zero-order valence-corrected chi connectivity index (χ0v) is 11.9. The highest BCUT2D eigenvalue weighted by atomic mass is 32.1. The van der Waals surface area contributed by atoms with Crippen molar-refractivity contribution in [2.75, 3.05) is 18.0 Å². The van der Waals surface area contributed by atoms with Crippen molar-refractivity contribution in [1.29, 1.82) is 0 Å². The van der Waals surface area contributed by atoms with Crippen LogP contribution in [0.1, 0.15) is 39.9 Å². The van der Waals surface area contributed by atoms with Gasteiger partial charge in [-0.15, -0.1) is 0 Å². The van der Waals surface area contributed by atoms with Crippen LogP contribution < -0.4 is 10.6 Å². The number of nitrogens with zero attached hydrogens (tertiary/aromatic N) is 3. The van der Waals surface area contributed by atoms with Crippen LogP contribution >= 0.6 is 11.5 Å². The lowest BCUT2D eigenvalue weighted by atomic mass is 9.96. The molecule has 1 fully saturated rings. The zero-order chi connectivity index (χ0) is 12.6. The summed E-state index contributed by atoms with van der Waals surface area (Å²) in [6.45, 7) is 10.5. The van der Waals surface area contributed by atoms with Crippen LogP contribution in [0.15, 0.2) is 0 Å². The van der Waals surface area contributed by atoms with E-state index in [0.29, 0.717) is 18.5 Å². The molecule has 0 bridgehead atoms. The predicted octanol–water partition coefficient (Wildman–Crippen LogP) is 2.01. The molecule has 1 saturated heterocycles. The van der Waals surface area contributed by atoms with Gasteiger partial charge < -0.3 is 10.6 Å². The first-order valence-electron chi connectivity index (χ1n) is 6.24. The van der Waals surface area contributed by atoms with Crippen molar-refractivity contribution in [3.63, 3.8) is 0 Å². The molecular weight excluding hydrogens is 232 g/mol. The number of nitrogens with two attached hydrogens (primary N) is 1. The van der Waals surface area contributed by atoms with Gasteiger partial charge in [-0.3, -0.25) is 0 Å². The molecule has 2 heterocycles. The van der Waals surface area contributed by atoms with E-state index in [-0.39, 0.29) is 5.41 Å². The molecule has 1 aromatic rings. The maximum Gasteiger partial charge on any atom is 0.205 e. The Bertz CT molecular complexity index is 382. The Morgan fingerprint density at radius 1 is 1.47 bits per heavy atom. The van der Waals surface area contributed by atoms with E-state index in [1.54, 1.807) is 0 Å². The number of hydrogen-bond acceptors (Lipinski definition) is 5. The van der Waals surface area contributed by atoms with Crippen LogP contribution in [0.5, 0.6) is 0 Å². The predicted molar refractivity (Wildman–Crippen MR) is 72.6 cm³/mol. The molecule has 0 amide bonds. The summed E-state index contributed by atoms with van der Waals surface area (Å²) in [5, 5.41) is 1.04. The molecule has 0 spiro atoms. The van der Waals surface area contributed by atoms with E-state index in [1.165, 1.54) is 18.0 Å². The highest BCUT2D eigenvalue weighted by Gasteiger charge is 2.33. The highest BCUT2D eigenvalue weighted by Crippen LogP contribution is 2.32. The van der Waals surface area contributed by atoms with Crippen molar-refractivity contribution in [2.24, 2.45) is 11.7 Å². The average molecular weight is 254 g/mol. The van der Waals surface area contributed by atoms with E-state index in [2.05, 4.69) is 42.0 Å². The van der Waals surface area contributed by atoms with Crippen LogP contribution in [0.4, 0.5) is 5.13 Å². The lowest BCUT2D eigenvalue weighted by molar-refractivity contribution is 0.517. The van der Waals surface area contributed by atoms with Gasteiger partial charge in [0.2, 0.25) is 5.13 Å². The fraction of sp³-hybridized carbons (Fsp3) is 0.833. The number of rotatable bonds is 2. The second kappa shape index (κ2) is 4.53. The van der Waals surface area contributed by atoms with Gasteiger partial charge >= 0.3 is 0 Å². The van der Waals surface area contributed by atoms with Gasteiger partial charge in [0.05, 0.1) is 0 Å². The van der Waals surface area contributed by atoms with Crippen molar-refractivity contribution < 1.29 is 0 Å². The van der Waals surface area contributed by atoms with Gasteiger partial charge in [0.25, 0.3) is 0 Å². The topological polar surface area (TPSA) is 55.0 Å².